The molecule has 0 radical (unpaired) electrons. The summed E-state index contributed by atoms with van der Waals surface area (Å²) >= 11 is 1.40. The van der Waals surface area contributed by atoms with Gasteiger partial charge in [0.15, 0.2) is 10.8 Å². The van der Waals surface area contributed by atoms with Crippen molar-refractivity contribution in [1.29, 1.82) is 0 Å². The molecule has 24 heavy (non-hydrogen) atoms. The minimum Gasteiger partial charge on any atom is -0.296 e. The lowest BCUT2D eigenvalue weighted by atomic mass is 10.0. The number of carbonyl (C=O) groups is 1. The van der Waals surface area contributed by atoms with Gasteiger partial charge in [0.25, 0.3) is 5.91 Å². The van der Waals surface area contributed by atoms with Gasteiger partial charge in [0.05, 0.1) is 5.69 Å². The summed E-state index contributed by atoms with van der Waals surface area (Å²) in [5.74, 6) is -0.637. The SMILES string of the molecule is Cn1nc(C(F)(F)F)cc1C(=O)Nc1nc2c(s1)CCCCCC2. The maximum atomic E-state index is 12.7. The molecule has 0 fully saturated rings. The molecule has 2 aromatic rings. The van der Waals surface area contributed by atoms with E-state index in [1.165, 1.54) is 31.2 Å². The van der Waals surface area contributed by atoms with Crippen LogP contribution in [-0.2, 0) is 26.1 Å². The molecule has 1 amide bonds. The molecule has 0 spiro atoms. The summed E-state index contributed by atoms with van der Waals surface area (Å²) < 4.78 is 39.0. The molecule has 0 aromatic carbocycles. The van der Waals surface area contributed by atoms with E-state index >= 15 is 0 Å². The van der Waals surface area contributed by atoms with Crippen molar-refractivity contribution in [3.63, 3.8) is 0 Å². The average molecular weight is 358 g/mol. The average Bonchev–Trinajstić information content (AvgIpc) is 3.02. The van der Waals surface area contributed by atoms with Crippen LogP contribution < -0.4 is 5.32 Å². The quantitative estimate of drug-likeness (QED) is 0.888. The number of thiazole rings is 1. The van der Waals surface area contributed by atoms with E-state index < -0.39 is 17.8 Å². The van der Waals surface area contributed by atoms with Gasteiger partial charge in [0.2, 0.25) is 0 Å². The Kier molecular flexibility index (Phi) is 4.62. The molecule has 0 aliphatic heterocycles. The highest BCUT2D eigenvalue weighted by Gasteiger charge is 2.35. The smallest absolute Gasteiger partial charge is 0.296 e. The Balaban J connectivity index is 1.78. The number of anilines is 1. The van der Waals surface area contributed by atoms with Crippen LogP contribution in [0.1, 0.15) is 52.4 Å². The third-order valence-electron chi connectivity index (χ3n) is 3.97. The summed E-state index contributed by atoms with van der Waals surface area (Å²) in [5, 5.41) is 6.38. The predicted octanol–water partition coefficient (Wildman–Crippen LogP) is 3.81. The van der Waals surface area contributed by atoms with E-state index in [2.05, 4.69) is 15.4 Å². The second-order valence-electron chi connectivity index (χ2n) is 5.79. The lowest BCUT2D eigenvalue weighted by Crippen LogP contribution is -2.15. The fourth-order valence-corrected chi connectivity index (χ4v) is 3.78. The first-order valence-electron chi connectivity index (χ1n) is 7.76. The number of carbonyl (C=O) groups excluding carboxylic acids is 1. The van der Waals surface area contributed by atoms with Gasteiger partial charge in [-0.25, -0.2) is 4.98 Å². The number of halogens is 3. The molecule has 0 bridgehead atoms. The van der Waals surface area contributed by atoms with E-state index in [9.17, 15) is 18.0 Å². The van der Waals surface area contributed by atoms with Crippen LogP contribution in [0, 0.1) is 0 Å². The Morgan fingerprint density at radius 2 is 1.96 bits per heavy atom. The maximum absolute atomic E-state index is 12.7. The first-order valence-corrected chi connectivity index (χ1v) is 8.57. The molecule has 9 heteroatoms. The summed E-state index contributed by atoms with van der Waals surface area (Å²) in [4.78, 5) is 17.8. The molecule has 0 atom stereocenters. The Hall–Kier alpha value is -1.90. The highest BCUT2D eigenvalue weighted by atomic mass is 32.1. The lowest BCUT2D eigenvalue weighted by Gasteiger charge is -2.06. The van der Waals surface area contributed by atoms with Crippen LogP contribution in [-0.4, -0.2) is 20.7 Å². The Morgan fingerprint density at radius 1 is 1.25 bits per heavy atom. The molecule has 1 aliphatic rings. The molecule has 2 aromatic heterocycles. The number of aryl methyl sites for hydroxylation is 3. The van der Waals surface area contributed by atoms with Gasteiger partial charge in [-0.05, 0) is 25.7 Å². The minimum absolute atomic E-state index is 0.148. The highest BCUT2D eigenvalue weighted by Crippen LogP contribution is 2.30. The molecule has 2 heterocycles. The number of amides is 1. The second kappa shape index (κ2) is 6.54. The van der Waals surface area contributed by atoms with E-state index in [0.29, 0.717) is 5.13 Å². The zero-order chi connectivity index (χ0) is 17.3. The van der Waals surface area contributed by atoms with E-state index in [1.807, 2.05) is 0 Å². The number of fused-ring (bicyclic) bond motifs is 1. The molecule has 0 saturated carbocycles. The number of aromatic nitrogens is 3. The number of alkyl halides is 3. The third kappa shape index (κ3) is 3.61. The first-order chi connectivity index (χ1) is 11.3. The molecular weight excluding hydrogens is 341 g/mol. The standard InChI is InChI=1S/C15H17F3N4OS/c1-22-10(8-12(21-22)15(16,17)18)13(23)20-14-19-9-6-4-2-3-5-7-11(9)24-14/h8H,2-7H2,1H3,(H,19,20,23). The van der Waals surface area contributed by atoms with Crippen molar-refractivity contribution in [3.8, 4) is 0 Å². The molecule has 130 valence electrons. The Labute approximate surface area is 140 Å². The normalized spacial score (nSPS) is 15.5. The third-order valence-corrected chi connectivity index (χ3v) is 5.04. The lowest BCUT2D eigenvalue weighted by molar-refractivity contribution is -0.141. The molecule has 1 N–H and O–H groups in total. The molecule has 0 saturated heterocycles. The van der Waals surface area contributed by atoms with Gasteiger partial charge in [0.1, 0.15) is 5.69 Å². The highest BCUT2D eigenvalue weighted by molar-refractivity contribution is 7.15. The van der Waals surface area contributed by atoms with Crippen molar-refractivity contribution in [2.45, 2.75) is 44.7 Å². The van der Waals surface area contributed by atoms with E-state index in [4.69, 9.17) is 0 Å². The number of hydrogen-bond acceptors (Lipinski definition) is 4. The fraction of sp³-hybridized carbons (Fsp3) is 0.533. The van der Waals surface area contributed by atoms with Gasteiger partial charge in [-0.2, -0.15) is 18.3 Å². The molecule has 3 rings (SSSR count). The van der Waals surface area contributed by atoms with Crippen LogP contribution in [0.4, 0.5) is 18.3 Å². The van der Waals surface area contributed by atoms with Crippen molar-refractivity contribution >= 4 is 22.4 Å². The zero-order valence-electron chi connectivity index (χ0n) is 13.1. The summed E-state index contributed by atoms with van der Waals surface area (Å²) in [6.07, 6.45) is 1.77. The molecule has 0 unspecified atom stereocenters. The van der Waals surface area contributed by atoms with Crippen molar-refractivity contribution < 1.29 is 18.0 Å². The van der Waals surface area contributed by atoms with Crippen LogP contribution in [0.2, 0.25) is 0 Å². The number of nitrogens with zero attached hydrogens (tertiary/aromatic N) is 3. The minimum atomic E-state index is -4.58. The largest absolute Gasteiger partial charge is 0.435 e. The summed E-state index contributed by atoms with van der Waals surface area (Å²) in [6, 6.07) is 0.749. The van der Waals surface area contributed by atoms with Crippen LogP contribution in [0.15, 0.2) is 6.07 Å². The zero-order valence-corrected chi connectivity index (χ0v) is 13.9. The fourth-order valence-electron chi connectivity index (χ4n) is 2.74. The van der Waals surface area contributed by atoms with Gasteiger partial charge in [-0.1, -0.05) is 12.8 Å². The number of rotatable bonds is 2. The maximum Gasteiger partial charge on any atom is 0.435 e. The summed E-state index contributed by atoms with van der Waals surface area (Å²) in [6.45, 7) is 0. The van der Waals surface area contributed by atoms with Crippen molar-refractivity contribution in [2.75, 3.05) is 5.32 Å². The van der Waals surface area contributed by atoms with Gasteiger partial charge < -0.3 is 0 Å². The molecule has 5 nitrogen and oxygen atoms in total. The van der Waals surface area contributed by atoms with Gasteiger partial charge in [-0.3, -0.25) is 14.8 Å². The second-order valence-corrected chi connectivity index (χ2v) is 6.88. The topological polar surface area (TPSA) is 59.8 Å². The monoisotopic (exact) mass is 358 g/mol. The number of nitrogens with one attached hydrogen (secondary N) is 1. The van der Waals surface area contributed by atoms with Crippen LogP contribution in [0.25, 0.3) is 0 Å². The van der Waals surface area contributed by atoms with Gasteiger partial charge in [0, 0.05) is 18.0 Å². The van der Waals surface area contributed by atoms with E-state index in [0.717, 1.165) is 47.0 Å². The predicted molar refractivity (Wildman–Crippen MR) is 84.2 cm³/mol. The van der Waals surface area contributed by atoms with Crippen LogP contribution in [0.5, 0.6) is 0 Å². The van der Waals surface area contributed by atoms with Crippen molar-refractivity contribution in [2.24, 2.45) is 7.05 Å². The van der Waals surface area contributed by atoms with Crippen molar-refractivity contribution in [1.82, 2.24) is 14.8 Å². The Morgan fingerprint density at radius 3 is 2.62 bits per heavy atom. The van der Waals surface area contributed by atoms with E-state index in [-0.39, 0.29) is 5.69 Å². The Bertz CT molecular complexity index is 725. The summed E-state index contributed by atoms with van der Waals surface area (Å²) in [7, 11) is 1.31. The van der Waals surface area contributed by atoms with Crippen LogP contribution >= 0.6 is 11.3 Å². The van der Waals surface area contributed by atoms with Gasteiger partial charge in [-0.15, -0.1) is 11.3 Å². The van der Waals surface area contributed by atoms with Gasteiger partial charge >= 0.3 is 6.18 Å². The summed E-state index contributed by atoms with van der Waals surface area (Å²) in [5.41, 5.74) is -0.234. The van der Waals surface area contributed by atoms with Crippen molar-refractivity contribution in [3.05, 3.63) is 28.0 Å². The molecular formula is C15H17F3N4OS. The number of hydrogen-bond donors (Lipinski definition) is 1. The van der Waals surface area contributed by atoms with Crippen LogP contribution in [0.3, 0.4) is 0 Å². The molecule has 1 aliphatic carbocycles. The first kappa shape index (κ1) is 16.9. The van der Waals surface area contributed by atoms with E-state index in [1.54, 1.807) is 0 Å².